The molecule has 156 valence electrons. The number of nitrogens with one attached hydrogen (secondary N) is 1. The second kappa shape index (κ2) is 7.48. The molecule has 0 aliphatic rings. The van der Waals surface area contributed by atoms with Crippen LogP contribution in [-0.4, -0.2) is 26.5 Å². The first-order valence-corrected chi connectivity index (χ1v) is 10.1. The van der Waals surface area contributed by atoms with E-state index in [9.17, 15) is 9.59 Å². The third-order valence-corrected chi connectivity index (χ3v) is 5.45. The fourth-order valence-corrected chi connectivity index (χ4v) is 4.12. The van der Waals surface area contributed by atoms with Gasteiger partial charge in [-0.3, -0.25) is 9.59 Å². The number of furan rings is 1. The summed E-state index contributed by atoms with van der Waals surface area (Å²) in [4.78, 5) is 35.8. The van der Waals surface area contributed by atoms with E-state index in [0.29, 0.717) is 11.7 Å². The Morgan fingerprint density at radius 3 is 2.77 bits per heavy atom. The van der Waals surface area contributed by atoms with Crippen LogP contribution in [0.5, 0.6) is 0 Å². The first-order chi connectivity index (χ1) is 14.3. The molecular weight excluding hydrogens is 380 g/mol. The Bertz CT molecular complexity index is 1300. The predicted octanol–water partition coefficient (Wildman–Crippen LogP) is 4.40. The van der Waals surface area contributed by atoms with Gasteiger partial charge in [-0.05, 0) is 50.5 Å². The van der Waals surface area contributed by atoms with Gasteiger partial charge in [0, 0.05) is 35.9 Å². The molecule has 0 spiro atoms. The summed E-state index contributed by atoms with van der Waals surface area (Å²) in [6.45, 7) is 8.00. The molecule has 1 atom stereocenters. The summed E-state index contributed by atoms with van der Waals surface area (Å²) in [6.07, 6.45) is 4.10. The molecule has 4 rings (SSSR count). The molecule has 1 unspecified atom stereocenters. The third-order valence-electron chi connectivity index (χ3n) is 5.45. The number of aromatic amines is 1. The third kappa shape index (κ3) is 3.30. The number of carbonyl (C=O) groups excluding carboxylic acids is 1. The molecule has 1 amide bonds. The van der Waals surface area contributed by atoms with Gasteiger partial charge in [-0.25, -0.2) is 4.98 Å². The number of hydrogen-bond donors (Lipinski definition) is 1. The molecule has 0 saturated heterocycles. The number of rotatable bonds is 5. The number of H-pyrrole nitrogens is 1. The maximum atomic E-state index is 13.9. The summed E-state index contributed by atoms with van der Waals surface area (Å²) < 4.78 is 7.05. The van der Waals surface area contributed by atoms with E-state index in [2.05, 4.69) is 23.8 Å². The Labute approximate surface area is 174 Å². The number of amides is 1. The van der Waals surface area contributed by atoms with E-state index in [-0.39, 0.29) is 34.2 Å². The van der Waals surface area contributed by atoms with E-state index in [0.717, 1.165) is 23.0 Å². The van der Waals surface area contributed by atoms with Crippen LogP contribution in [0.1, 0.15) is 43.3 Å². The van der Waals surface area contributed by atoms with Crippen molar-refractivity contribution >= 4 is 33.6 Å². The van der Waals surface area contributed by atoms with Crippen molar-refractivity contribution in [3.05, 3.63) is 58.5 Å². The number of anilines is 1. The van der Waals surface area contributed by atoms with Crippen molar-refractivity contribution in [2.45, 2.75) is 40.2 Å². The normalized spacial score (nSPS) is 12.7. The highest BCUT2D eigenvalue weighted by Gasteiger charge is 2.30. The Kier molecular flexibility index (Phi) is 4.97. The van der Waals surface area contributed by atoms with E-state index < -0.39 is 0 Å². The van der Waals surface area contributed by atoms with Crippen LogP contribution in [0.2, 0.25) is 0 Å². The van der Waals surface area contributed by atoms with Gasteiger partial charge < -0.3 is 18.9 Å². The molecule has 0 fully saturated rings. The molecular formula is C23H26N4O3. The quantitative estimate of drug-likeness (QED) is 0.532. The average Bonchev–Trinajstić information content (AvgIpc) is 3.27. The Morgan fingerprint density at radius 2 is 2.03 bits per heavy atom. The fourth-order valence-electron chi connectivity index (χ4n) is 4.12. The Morgan fingerprint density at radius 1 is 1.27 bits per heavy atom. The van der Waals surface area contributed by atoms with Gasteiger partial charge >= 0.3 is 0 Å². The smallest absolute Gasteiger partial charge is 0.265 e. The molecule has 0 saturated carbocycles. The lowest BCUT2D eigenvalue weighted by atomic mass is 10.0. The molecule has 3 aromatic heterocycles. The number of fused-ring (bicyclic) bond motifs is 2. The molecule has 30 heavy (non-hydrogen) atoms. The summed E-state index contributed by atoms with van der Waals surface area (Å²) in [7, 11) is 1.62. The van der Waals surface area contributed by atoms with Crippen LogP contribution in [0, 0.1) is 12.8 Å². The van der Waals surface area contributed by atoms with Gasteiger partial charge in [-0.1, -0.05) is 13.8 Å². The number of aromatic nitrogens is 3. The van der Waals surface area contributed by atoms with E-state index in [4.69, 9.17) is 4.42 Å². The van der Waals surface area contributed by atoms with Crippen molar-refractivity contribution in [2.24, 2.45) is 13.0 Å². The van der Waals surface area contributed by atoms with Gasteiger partial charge in [0.1, 0.15) is 17.5 Å². The van der Waals surface area contributed by atoms with Crippen molar-refractivity contribution in [1.29, 1.82) is 0 Å². The van der Waals surface area contributed by atoms with E-state index in [1.54, 1.807) is 18.9 Å². The topological polar surface area (TPSA) is 84.1 Å². The zero-order chi connectivity index (χ0) is 21.6. The van der Waals surface area contributed by atoms with Gasteiger partial charge in [0.25, 0.3) is 11.5 Å². The number of aryl methyl sites for hydroxylation is 2. The van der Waals surface area contributed by atoms with E-state index in [1.165, 1.54) is 10.9 Å². The lowest BCUT2D eigenvalue weighted by molar-refractivity contribution is 0.0975. The zero-order valence-electron chi connectivity index (χ0n) is 17.9. The van der Waals surface area contributed by atoms with E-state index in [1.807, 2.05) is 37.4 Å². The highest BCUT2D eigenvalue weighted by atomic mass is 16.3. The number of benzene rings is 1. The lowest BCUT2D eigenvalue weighted by Gasteiger charge is -2.30. The molecule has 0 aliphatic carbocycles. The maximum absolute atomic E-state index is 13.9. The monoisotopic (exact) mass is 406 g/mol. The maximum Gasteiger partial charge on any atom is 0.265 e. The largest absolute Gasteiger partial charge is 0.442 e. The van der Waals surface area contributed by atoms with Crippen LogP contribution < -0.4 is 10.5 Å². The summed E-state index contributed by atoms with van der Waals surface area (Å²) in [5, 5.41) is 1.25. The molecule has 1 N–H and O–H groups in total. The van der Waals surface area contributed by atoms with Crippen LogP contribution in [0.25, 0.3) is 22.0 Å². The molecule has 0 radical (unpaired) electrons. The summed E-state index contributed by atoms with van der Waals surface area (Å²) in [5.41, 5.74) is 1.97. The number of nitrogens with zero attached hydrogens (tertiary/aromatic N) is 3. The number of hydrogen-bond acceptors (Lipinski definition) is 4. The molecule has 0 aliphatic heterocycles. The molecule has 3 heterocycles. The second-order valence-corrected chi connectivity index (χ2v) is 8.28. The first kappa shape index (κ1) is 19.9. The van der Waals surface area contributed by atoms with Crippen LogP contribution in [-0.2, 0) is 7.05 Å². The van der Waals surface area contributed by atoms with Crippen molar-refractivity contribution in [3.8, 4) is 0 Å². The highest BCUT2D eigenvalue weighted by molar-refractivity contribution is 6.14. The Hall–Kier alpha value is -3.35. The van der Waals surface area contributed by atoms with Crippen LogP contribution in [0.15, 0.2) is 46.0 Å². The van der Waals surface area contributed by atoms with Crippen LogP contribution in [0.3, 0.4) is 0 Å². The average molecular weight is 406 g/mol. The fraction of sp³-hybridized carbons (Fsp3) is 0.348. The zero-order valence-corrected chi connectivity index (χ0v) is 17.9. The van der Waals surface area contributed by atoms with Gasteiger partial charge in [0.05, 0.1) is 5.56 Å². The second-order valence-electron chi connectivity index (χ2n) is 8.28. The van der Waals surface area contributed by atoms with Crippen LogP contribution in [0.4, 0.5) is 5.69 Å². The Balaban J connectivity index is 1.90. The minimum absolute atomic E-state index is 0.0706. The van der Waals surface area contributed by atoms with Crippen LogP contribution >= 0.6 is 0 Å². The number of carbonyl (C=O) groups is 1. The standard InChI is InChI=1S/C23H26N4O3/c1-13(2)10-14(3)27(17-6-7-18-16(11-17)8-9-24-18)23(29)19-15(4)30-21-20(19)22(28)26(5)12-25-21/h6-9,11-14,24H,10H2,1-5H3. The molecule has 7 nitrogen and oxygen atoms in total. The molecule has 1 aromatic carbocycles. The summed E-state index contributed by atoms with van der Waals surface area (Å²) in [5.74, 6) is 0.553. The first-order valence-electron chi connectivity index (χ1n) is 10.1. The van der Waals surface area contributed by atoms with Crippen molar-refractivity contribution < 1.29 is 9.21 Å². The van der Waals surface area contributed by atoms with Crippen molar-refractivity contribution in [1.82, 2.24) is 14.5 Å². The van der Waals surface area contributed by atoms with Gasteiger partial charge in [0.2, 0.25) is 5.71 Å². The SMILES string of the molecule is Cc1oc2ncn(C)c(=O)c2c1C(=O)N(c1ccc2[nH]ccc2c1)C(C)CC(C)C. The van der Waals surface area contributed by atoms with Crippen molar-refractivity contribution in [2.75, 3.05) is 4.90 Å². The molecule has 4 aromatic rings. The molecule has 0 bridgehead atoms. The van der Waals surface area contributed by atoms with Crippen molar-refractivity contribution in [3.63, 3.8) is 0 Å². The summed E-state index contributed by atoms with van der Waals surface area (Å²) >= 11 is 0. The highest BCUT2D eigenvalue weighted by Crippen LogP contribution is 2.30. The molecule has 7 heteroatoms. The van der Waals surface area contributed by atoms with Gasteiger partial charge in [-0.2, -0.15) is 0 Å². The minimum atomic E-state index is -0.294. The predicted molar refractivity (Wildman–Crippen MR) is 118 cm³/mol. The summed E-state index contributed by atoms with van der Waals surface area (Å²) in [6, 6.07) is 7.80. The van der Waals surface area contributed by atoms with Gasteiger partial charge in [-0.15, -0.1) is 0 Å². The minimum Gasteiger partial charge on any atom is -0.442 e. The lowest BCUT2D eigenvalue weighted by Crippen LogP contribution is -2.40. The van der Waals surface area contributed by atoms with E-state index >= 15 is 0 Å². The van der Waals surface area contributed by atoms with Gasteiger partial charge in [0.15, 0.2) is 0 Å².